The van der Waals surface area contributed by atoms with Crippen molar-refractivity contribution in [2.75, 3.05) is 12.3 Å². The zero-order valence-corrected chi connectivity index (χ0v) is 11.0. The third-order valence-electron chi connectivity index (χ3n) is 2.28. The maximum absolute atomic E-state index is 13.8. The molecule has 3 N–H and O–H groups in total. The average molecular weight is 281 g/mol. The van der Waals surface area contributed by atoms with Gasteiger partial charge >= 0.3 is 5.97 Å². The molecule has 0 aliphatic carbocycles. The van der Waals surface area contributed by atoms with Gasteiger partial charge in [-0.15, -0.1) is 0 Å². The highest BCUT2D eigenvalue weighted by atomic mass is 32.2. The molecule has 1 aromatic heterocycles. The SMILES string of the molecule is CCOC(=O)c1cc(Sc2ncc[nH]2)c(F)cc1N. The Balaban J connectivity index is 2.33. The standard InChI is InChI=1S/C12H12FN3O2S/c1-2-18-11(17)7-5-10(8(13)6-9(7)14)19-12-15-3-4-16-12/h3-6H,2,14H2,1H3,(H,15,16). The Hall–Kier alpha value is -2.02. The fraction of sp³-hybridized carbons (Fsp3) is 0.167. The van der Waals surface area contributed by atoms with Crippen LogP contribution in [0.25, 0.3) is 0 Å². The molecular weight excluding hydrogens is 269 g/mol. The van der Waals surface area contributed by atoms with E-state index in [4.69, 9.17) is 10.5 Å². The number of ether oxygens (including phenoxy) is 1. The number of nitrogens with one attached hydrogen (secondary N) is 1. The van der Waals surface area contributed by atoms with E-state index in [1.807, 2.05) is 0 Å². The van der Waals surface area contributed by atoms with E-state index in [1.54, 1.807) is 19.3 Å². The van der Waals surface area contributed by atoms with Crippen LogP contribution in [0.15, 0.2) is 34.6 Å². The summed E-state index contributed by atoms with van der Waals surface area (Å²) in [5.74, 6) is -1.08. The summed E-state index contributed by atoms with van der Waals surface area (Å²) in [6, 6.07) is 2.48. The second-order valence-corrected chi connectivity index (χ2v) is 4.62. The second kappa shape index (κ2) is 5.75. The Bertz CT molecular complexity index is 587. The van der Waals surface area contributed by atoms with E-state index in [0.29, 0.717) is 5.16 Å². The fourth-order valence-corrected chi connectivity index (χ4v) is 2.23. The van der Waals surface area contributed by atoms with Crippen molar-refractivity contribution in [2.45, 2.75) is 17.0 Å². The van der Waals surface area contributed by atoms with Gasteiger partial charge in [0.15, 0.2) is 5.16 Å². The highest BCUT2D eigenvalue weighted by molar-refractivity contribution is 7.99. The lowest BCUT2D eigenvalue weighted by Crippen LogP contribution is -2.08. The highest BCUT2D eigenvalue weighted by Crippen LogP contribution is 2.30. The van der Waals surface area contributed by atoms with Crippen LogP contribution in [0.2, 0.25) is 0 Å². The minimum Gasteiger partial charge on any atom is -0.462 e. The molecule has 0 aliphatic heterocycles. The van der Waals surface area contributed by atoms with Crippen LogP contribution in [0.4, 0.5) is 10.1 Å². The summed E-state index contributed by atoms with van der Waals surface area (Å²) < 4.78 is 18.6. The first-order chi connectivity index (χ1) is 9.11. The molecule has 0 saturated carbocycles. The largest absolute Gasteiger partial charge is 0.462 e. The van der Waals surface area contributed by atoms with Crippen LogP contribution in [0, 0.1) is 5.82 Å². The average Bonchev–Trinajstić information content (AvgIpc) is 2.85. The summed E-state index contributed by atoms with van der Waals surface area (Å²) in [4.78, 5) is 18.7. The number of hydrogen-bond donors (Lipinski definition) is 2. The van der Waals surface area contributed by atoms with Gasteiger partial charge < -0.3 is 15.5 Å². The first-order valence-electron chi connectivity index (χ1n) is 5.55. The van der Waals surface area contributed by atoms with Crippen LogP contribution in [0.5, 0.6) is 0 Å². The monoisotopic (exact) mass is 281 g/mol. The molecule has 2 rings (SSSR count). The lowest BCUT2D eigenvalue weighted by molar-refractivity contribution is 0.0527. The maximum atomic E-state index is 13.8. The third kappa shape index (κ3) is 3.05. The van der Waals surface area contributed by atoms with Crippen molar-refractivity contribution < 1.29 is 13.9 Å². The van der Waals surface area contributed by atoms with Gasteiger partial charge in [0.2, 0.25) is 0 Å². The first kappa shape index (κ1) is 13.4. The number of anilines is 1. The molecule has 2 aromatic rings. The van der Waals surface area contributed by atoms with E-state index in [0.717, 1.165) is 17.8 Å². The second-order valence-electron chi connectivity index (χ2n) is 3.59. The molecule has 0 saturated heterocycles. The summed E-state index contributed by atoms with van der Waals surface area (Å²) in [5.41, 5.74) is 5.83. The van der Waals surface area contributed by atoms with Crippen molar-refractivity contribution >= 4 is 23.4 Å². The molecule has 0 radical (unpaired) electrons. The molecule has 0 atom stereocenters. The van der Waals surface area contributed by atoms with Crippen LogP contribution in [-0.4, -0.2) is 22.5 Å². The molecule has 0 fully saturated rings. The molecule has 7 heteroatoms. The Kier molecular flexibility index (Phi) is 4.06. The number of benzene rings is 1. The van der Waals surface area contributed by atoms with Crippen molar-refractivity contribution in [1.82, 2.24) is 9.97 Å². The van der Waals surface area contributed by atoms with Crippen LogP contribution in [0.1, 0.15) is 17.3 Å². The van der Waals surface area contributed by atoms with Gasteiger partial charge in [0.25, 0.3) is 0 Å². The number of rotatable bonds is 4. The molecule has 0 aliphatic rings. The van der Waals surface area contributed by atoms with Gasteiger partial charge in [0.1, 0.15) is 5.82 Å². The Morgan fingerprint density at radius 1 is 1.58 bits per heavy atom. The number of carbonyl (C=O) groups is 1. The number of carbonyl (C=O) groups excluding carboxylic acids is 1. The number of aromatic nitrogens is 2. The topological polar surface area (TPSA) is 81.0 Å². The molecule has 0 bridgehead atoms. The fourth-order valence-electron chi connectivity index (χ4n) is 1.44. The van der Waals surface area contributed by atoms with Gasteiger partial charge in [0.05, 0.1) is 17.1 Å². The predicted octanol–water partition coefficient (Wildman–Crippen LogP) is 2.46. The van der Waals surface area contributed by atoms with E-state index in [1.165, 1.54) is 6.07 Å². The zero-order valence-electron chi connectivity index (χ0n) is 10.1. The third-order valence-corrected chi connectivity index (χ3v) is 3.23. The Morgan fingerprint density at radius 3 is 3.00 bits per heavy atom. The van der Waals surface area contributed by atoms with E-state index in [-0.39, 0.29) is 22.8 Å². The van der Waals surface area contributed by atoms with Gasteiger partial charge in [-0.1, -0.05) is 0 Å². The van der Waals surface area contributed by atoms with Crippen LogP contribution in [-0.2, 0) is 4.74 Å². The van der Waals surface area contributed by atoms with Crippen molar-refractivity contribution in [1.29, 1.82) is 0 Å². The summed E-state index contributed by atoms with van der Waals surface area (Å²) >= 11 is 1.07. The van der Waals surface area contributed by atoms with Crippen LogP contribution >= 0.6 is 11.8 Å². The molecule has 0 unspecified atom stereocenters. The number of esters is 1. The normalized spacial score (nSPS) is 10.4. The van der Waals surface area contributed by atoms with Gasteiger partial charge in [-0.25, -0.2) is 14.2 Å². The smallest absolute Gasteiger partial charge is 0.340 e. The van der Waals surface area contributed by atoms with E-state index >= 15 is 0 Å². The molecule has 0 amide bonds. The number of imidazole rings is 1. The number of aromatic amines is 1. The minimum absolute atomic E-state index is 0.0553. The maximum Gasteiger partial charge on any atom is 0.340 e. The Labute approximate surface area is 113 Å². The number of hydrogen-bond acceptors (Lipinski definition) is 5. The number of halogens is 1. The van der Waals surface area contributed by atoms with Crippen molar-refractivity contribution in [3.63, 3.8) is 0 Å². The van der Waals surface area contributed by atoms with Gasteiger partial charge in [-0.2, -0.15) is 0 Å². The van der Waals surface area contributed by atoms with Crippen molar-refractivity contribution in [2.24, 2.45) is 0 Å². The summed E-state index contributed by atoms with van der Waals surface area (Å²) in [6.45, 7) is 1.92. The van der Waals surface area contributed by atoms with E-state index in [2.05, 4.69) is 9.97 Å². The highest BCUT2D eigenvalue weighted by Gasteiger charge is 2.16. The molecule has 1 heterocycles. The molecule has 5 nitrogen and oxygen atoms in total. The van der Waals surface area contributed by atoms with Crippen molar-refractivity contribution in [3.05, 3.63) is 35.9 Å². The van der Waals surface area contributed by atoms with Gasteiger partial charge in [-0.3, -0.25) is 0 Å². The summed E-state index contributed by atoms with van der Waals surface area (Å²) in [7, 11) is 0. The number of nitrogens with zero attached hydrogens (tertiary/aromatic N) is 1. The van der Waals surface area contributed by atoms with E-state index < -0.39 is 11.8 Å². The van der Waals surface area contributed by atoms with E-state index in [9.17, 15) is 9.18 Å². The molecule has 19 heavy (non-hydrogen) atoms. The lowest BCUT2D eigenvalue weighted by Gasteiger charge is -2.08. The van der Waals surface area contributed by atoms with Crippen LogP contribution < -0.4 is 5.73 Å². The summed E-state index contributed by atoms with van der Waals surface area (Å²) in [5, 5.41) is 0.526. The Morgan fingerprint density at radius 2 is 2.37 bits per heavy atom. The zero-order chi connectivity index (χ0) is 13.8. The molecular formula is C12H12FN3O2S. The molecule has 0 spiro atoms. The quantitative estimate of drug-likeness (QED) is 0.664. The molecule has 1 aromatic carbocycles. The van der Waals surface area contributed by atoms with Gasteiger partial charge in [0, 0.05) is 18.1 Å². The van der Waals surface area contributed by atoms with Crippen LogP contribution in [0.3, 0.4) is 0 Å². The minimum atomic E-state index is -0.568. The molecule has 100 valence electrons. The number of nitrogens with two attached hydrogens (primary N) is 1. The van der Waals surface area contributed by atoms with Crippen molar-refractivity contribution in [3.8, 4) is 0 Å². The number of nitrogen functional groups attached to an aromatic ring is 1. The van der Waals surface area contributed by atoms with Gasteiger partial charge in [-0.05, 0) is 30.8 Å². The predicted molar refractivity (Wildman–Crippen MR) is 69.5 cm³/mol. The first-order valence-corrected chi connectivity index (χ1v) is 6.36. The lowest BCUT2D eigenvalue weighted by atomic mass is 10.2. The number of H-pyrrole nitrogens is 1. The summed E-state index contributed by atoms with van der Waals surface area (Å²) in [6.07, 6.45) is 3.19.